The average molecular weight is 199 g/mol. The smallest absolute Gasteiger partial charge is 0.102 e. The molecular formula is C10H17NOS. The van der Waals surface area contributed by atoms with Gasteiger partial charge in [-0.3, -0.25) is 0 Å². The molecule has 0 fully saturated rings. The number of hydrogen-bond donors (Lipinski definition) is 2. The SMILES string of the molecule is CC(C)(CN)C(C)(O)c1cccs1. The van der Waals surface area contributed by atoms with Gasteiger partial charge < -0.3 is 10.8 Å². The molecule has 13 heavy (non-hydrogen) atoms. The predicted molar refractivity (Wildman–Crippen MR) is 56.7 cm³/mol. The van der Waals surface area contributed by atoms with Crippen LogP contribution in [0.1, 0.15) is 25.6 Å². The van der Waals surface area contributed by atoms with Gasteiger partial charge in [0.05, 0.1) is 0 Å². The molecule has 3 N–H and O–H groups in total. The summed E-state index contributed by atoms with van der Waals surface area (Å²) >= 11 is 1.57. The van der Waals surface area contributed by atoms with Crippen LogP contribution in [0, 0.1) is 5.41 Å². The monoisotopic (exact) mass is 199 g/mol. The van der Waals surface area contributed by atoms with Crippen LogP contribution < -0.4 is 5.73 Å². The molecule has 0 aliphatic carbocycles. The minimum Gasteiger partial charge on any atom is -0.384 e. The van der Waals surface area contributed by atoms with E-state index in [9.17, 15) is 5.11 Å². The molecule has 0 bridgehead atoms. The third kappa shape index (κ3) is 1.77. The first-order valence-corrected chi connectivity index (χ1v) is 5.26. The molecule has 0 saturated carbocycles. The maximum absolute atomic E-state index is 10.3. The number of rotatable bonds is 3. The molecule has 1 heterocycles. The largest absolute Gasteiger partial charge is 0.384 e. The zero-order chi connectivity index (χ0) is 10.1. The molecule has 0 aromatic carbocycles. The summed E-state index contributed by atoms with van der Waals surface area (Å²) in [5, 5.41) is 12.3. The van der Waals surface area contributed by atoms with Crippen LogP contribution in [-0.4, -0.2) is 11.7 Å². The van der Waals surface area contributed by atoms with Crippen LogP contribution in [0.15, 0.2) is 17.5 Å². The Bertz CT molecular complexity index is 264. The van der Waals surface area contributed by atoms with Gasteiger partial charge in [0, 0.05) is 16.8 Å². The second kappa shape index (κ2) is 3.40. The Kier molecular flexibility index (Phi) is 2.80. The summed E-state index contributed by atoms with van der Waals surface area (Å²) in [7, 11) is 0. The van der Waals surface area contributed by atoms with Crippen molar-refractivity contribution in [2.24, 2.45) is 11.1 Å². The van der Waals surface area contributed by atoms with E-state index in [1.165, 1.54) is 0 Å². The van der Waals surface area contributed by atoms with Gasteiger partial charge in [0.1, 0.15) is 5.60 Å². The van der Waals surface area contributed by atoms with E-state index in [4.69, 9.17) is 5.73 Å². The third-order valence-corrected chi connectivity index (χ3v) is 3.91. The van der Waals surface area contributed by atoms with Crippen LogP contribution in [0.4, 0.5) is 0 Å². The normalized spacial score (nSPS) is 17.0. The zero-order valence-electron chi connectivity index (χ0n) is 8.37. The van der Waals surface area contributed by atoms with Crippen LogP contribution in [0.3, 0.4) is 0 Å². The van der Waals surface area contributed by atoms with E-state index >= 15 is 0 Å². The highest BCUT2D eigenvalue weighted by molar-refractivity contribution is 7.10. The Hall–Kier alpha value is -0.380. The van der Waals surface area contributed by atoms with Gasteiger partial charge >= 0.3 is 0 Å². The molecule has 0 aliphatic heterocycles. The number of hydrogen-bond acceptors (Lipinski definition) is 3. The van der Waals surface area contributed by atoms with Gasteiger partial charge in [-0.25, -0.2) is 0 Å². The van der Waals surface area contributed by atoms with Gasteiger partial charge in [0.25, 0.3) is 0 Å². The molecule has 1 atom stereocenters. The number of thiophene rings is 1. The molecule has 0 aliphatic rings. The summed E-state index contributed by atoms with van der Waals surface area (Å²) in [6.45, 7) is 6.25. The molecule has 1 aromatic heterocycles. The molecule has 1 rings (SSSR count). The van der Waals surface area contributed by atoms with Gasteiger partial charge in [0.15, 0.2) is 0 Å². The quantitative estimate of drug-likeness (QED) is 0.781. The maximum Gasteiger partial charge on any atom is 0.102 e. The standard InChI is InChI=1S/C10H17NOS/c1-9(2,7-11)10(3,12)8-5-4-6-13-8/h4-6,12H,7,11H2,1-3H3. The molecule has 1 unspecified atom stereocenters. The summed E-state index contributed by atoms with van der Waals surface area (Å²) < 4.78 is 0. The van der Waals surface area contributed by atoms with Crippen LogP contribution in [0.5, 0.6) is 0 Å². The molecule has 0 saturated heterocycles. The van der Waals surface area contributed by atoms with Crippen molar-refractivity contribution in [2.75, 3.05) is 6.54 Å². The summed E-state index contributed by atoms with van der Waals surface area (Å²) in [4.78, 5) is 0.975. The minimum atomic E-state index is -0.837. The molecule has 0 amide bonds. The van der Waals surface area contributed by atoms with Gasteiger partial charge in [-0.1, -0.05) is 19.9 Å². The van der Waals surface area contributed by atoms with E-state index in [1.54, 1.807) is 11.3 Å². The average Bonchev–Trinajstić information content (AvgIpc) is 2.56. The van der Waals surface area contributed by atoms with Gasteiger partial charge in [-0.05, 0) is 18.4 Å². The van der Waals surface area contributed by atoms with E-state index in [-0.39, 0.29) is 5.41 Å². The lowest BCUT2D eigenvalue weighted by atomic mass is 9.75. The van der Waals surface area contributed by atoms with E-state index in [0.29, 0.717) is 6.54 Å². The number of nitrogens with two attached hydrogens (primary N) is 1. The van der Waals surface area contributed by atoms with E-state index in [0.717, 1.165) is 4.88 Å². The molecule has 0 spiro atoms. The topological polar surface area (TPSA) is 46.2 Å². The van der Waals surface area contributed by atoms with Crippen molar-refractivity contribution in [3.05, 3.63) is 22.4 Å². The molecule has 2 nitrogen and oxygen atoms in total. The molecule has 0 radical (unpaired) electrons. The van der Waals surface area contributed by atoms with Crippen molar-refractivity contribution in [3.63, 3.8) is 0 Å². The van der Waals surface area contributed by atoms with Gasteiger partial charge in [-0.15, -0.1) is 11.3 Å². The lowest BCUT2D eigenvalue weighted by Crippen LogP contribution is -2.43. The fourth-order valence-corrected chi connectivity index (χ4v) is 2.05. The Morgan fingerprint density at radius 1 is 1.46 bits per heavy atom. The zero-order valence-corrected chi connectivity index (χ0v) is 9.19. The lowest BCUT2D eigenvalue weighted by molar-refractivity contribution is -0.0490. The summed E-state index contributed by atoms with van der Waals surface area (Å²) in [5.74, 6) is 0. The lowest BCUT2D eigenvalue weighted by Gasteiger charge is -2.38. The Labute approximate surface area is 83.4 Å². The Morgan fingerprint density at radius 3 is 2.46 bits per heavy atom. The first kappa shape index (κ1) is 10.7. The van der Waals surface area contributed by atoms with Gasteiger partial charge in [0.2, 0.25) is 0 Å². The highest BCUT2D eigenvalue weighted by Gasteiger charge is 2.40. The van der Waals surface area contributed by atoms with Crippen molar-refractivity contribution in [1.29, 1.82) is 0 Å². The first-order chi connectivity index (χ1) is 5.92. The molecule has 1 aromatic rings. The van der Waals surface area contributed by atoms with Crippen LogP contribution >= 0.6 is 11.3 Å². The third-order valence-electron chi connectivity index (χ3n) is 2.83. The summed E-state index contributed by atoms with van der Waals surface area (Å²) in [6.07, 6.45) is 0. The van der Waals surface area contributed by atoms with E-state index in [2.05, 4.69) is 0 Å². The molecule has 74 valence electrons. The van der Waals surface area contributed by atoms with Crippen molar-refractivity contribution in [2.45, 2.75) is 26.4 Å². The van der Waals surface area contributed by atoms with Crippen LogP contribution in [-0.2, 0) is 5.60 Å². The molecular weight excluding hydrogens is 182 g/mol. The minimum absolute atomic E-state index is 0.294. The highest BCUT2D eigenvalue weighted by atomic mass is 32.1. The predicted octanol–water partition coefficient (Wildman–Crippen LogP) is 1.94. The van der Waals surface area contributed by atoms with Crippen LogP contribution in [0.2, 0.25) is 0 Å². The maximum atomic E-state index is 10.3. The van der Waals surface area contributed by atoms with Gasteiger partial charge in [-0.2, -0.15) is 0 Å². The fraction of sp³-hybridized carbons (Fsp3) is 0.600. The van der Waals surface area contributed by atoms with Crippen LogP contribution in [0.25, 0.3) is 0 Å². The van der Waals surface area contributed by atoms with E-state index < -0.39 is 5.60 Å². The second-order valence-electron chi connectivity index (χ2n) is 4.14. The van der Waals surface area contributed by atoms with E-state index in [1.807, 2.05) is 38.3 Å². The first-order valence-electron chi connectivity index (χ1n) is 4.38. The van der Waals surface area contributed by atoms with Crippen molar-refractivity contribution >= 4 is 11.3 Å². The van der Waals surface area contributed by atoms with Crippen molar-refractivity contribution in [3.8, 4) is 0 Å². The second-order valence-corrected chi connectivity index (χ2v) is 5.09. The number of aliphatic hydroxyl groups is 1. The molecule has 3 heteroatoms. The van der Waals surface area contributed by atoms with Crippen molar-refractivity contribution in [1.82, 2.24) is 0 Å². The Balaban J connectivity index is 3.02. The summed E-state index contributed by atoms with van der Waals surface area (Å²) in [6, 6.07) is 3.89. The highest BCUT2D eigenvalue weighted by Crippen LogP contribution is 2.40. The Morgan fingerprint density at radius 2 is 2.08 bits per heavy atom. The summed E-state index contributed by atoms with van der Waals surface area (Å²) in [5.41, 5.74) is 4.51. The van der Waals surface area contributed by atoms with Crippen molar-refractivity contribution < 1.29 is 5.11 Å². The fourth-order valence-electron chi connectivity index (χ4n) is 1.09.